The largest absolute Gasteiger partial charge is 0.467 e. The summed E-state index contributed by atoms with van der Waals surface area (Å²) in [5.74, 6) is -4.48. The van der Waals surface area contributed by atoms with Crippen LogP contribution in [0, 0.1) is 0 Å². The maximum Gasteiger partial charge on any atom is 0.430 e. The average molecular weight is 708 g/mol. The van der Waals surface area contributed by atoms with Gasteiger partial charge < -0.3 is 38.8 Å². The molecule has 0 saturated carbocycles. The number of nitrogens with zero attached hydrogens (tertiary/aromatic N) is 2. The van der Waals surface area contributed by atoms with Gasteiger partial charge in [0.25, 0.3) is 17.1 Å². The van der Waals surface area contributed by atoms with Crippen molar-refractivity contribution in [3.63, 3.8) is 0 Å². The van der Waals surface area contributed by atoms with Gasteiger partial charge in [-0.3, -0.25) is 14.2 Å². The summed E-state index contributed by atoms with van der Waals surface area (Å²) >= 11 is 0. The Hall–Kier alpha value is -4.39. The summed E-state index contributed by atoms with van der Waals surface area (Å²) in [6.07, 6.45) is -11.7. The van der Waals surface area contributed by atoms with Crippen LogP contribution in [0.15, 0.2) is 82.5 Å². The van der Waals surface area contributed by atoms with Gasteiger partial charge >= 0.3 is 17.8 Å². The highest BCUT2D eigenvalue weighted by molar-refractivity contribution is 5.91. The Labute approximate surface area is 283 Å². The van der Waals surface area contributed by atoms with Crippen molar-refractivity contribution in [2.45, 2.75) is 81.4 Å². The third-order valence-corrected chi connectivity index (χ3v) is 8.39. The number of fused-ring (bicyclic) bond motifs is 1. The van der Waals surface area contributed by atoms with Crippen molar-refractivity contribution < 1.29 is 56.3 Å². The van der Waals surface area contributed by atoms with Crippen LogP contribution in [0.25, 0.3) is 0 Å². The Morgan fingerprint density at radius 2 is 1.60 bits per heavy atom. The van der Waals surface area contributed by atoms with Gasteiger partial charge in [0.15, 0.2) is 18.1 Å². The number of hydrogen-bond acceptors (Lipinski definition) is 11. The number of methoxy groups -OCH3 is 2. The van der Waals surface area contributed by atoms with Crippen LogP contribution in [-0.2, 0) is 56.9 Å². The number of aliphatic hydroxyl groups excluding tert-OH is 1. The molecule has 0 spiro atoms. The van der Waals surface area contributed by atoms with Crippen molar-refractivity contribution in [1.82, 2.24) is 14.5 Å². The van der Waals surface area contributed by atoms with E-state index in [0.717, 1.165) is 46.2 Å². The second-order valence-corrected chi connectivity index (χ2v) is 12.0. The van der Waals surface area contributed by atoms with Crippen molar-refractivity contribution in [3.8, 4) is 0 Å². The molecule has 3 aromatic rings. The lowest BCUT2D eigenvalue weighted by Crippen LogP contribution is -2.63. The van der Waals surface area contributed by atoms with Crippen LogP contribution in [0.4, 0.5) is 13.2 Å². The fourth-order valence-electron chi connectivity index (χ4n) is 6.05. The Bertz CT molecular complexity index is 1780. The molecule has 50 heavy (non-hydrogen) atoms. The first kappa shape index (κ1) is 36.9. The second kappa shape index (κ2) is 14.5. The zero-order chi connectivity index (χ0) is 36.4. The summed E-state index contributed by atoms with van der Waals surface area (Å²) < 4.78 is 78.8. The first-order chi connectivity index (χ1) is 23.6. The van der Waals surface area contributed by atoms with Crippen molar-refractivity contribution in [3.05, 3.63) is 105 Å². The van der Waals surface area contributed by atoms with Crippen LogP contribution in [0.5, 0.6) is 0 Å². The van der Waals surface area contributed by atoms with E-state index in [1.54, 1.807) is 24.3 Å². The van der Waals surface area contributed by atoms with Crippen molar-refractivity contribution in [2.24, 2.45) is 0 Å². The Morgan fingerprint density at radius 3 is 2.20 bits per heavy atom. The number of aliphatic hydroxyl groups is 1. The van der Waals surface area contributed by atoms with Gasteiger partial charge in [-0.05, 0) is 19.4 Å². The predicted molar refractivity (Wildman–Crippen MR) is 165 cm³/mol. The fourth-order valence-corrected chi connectivity index (χ4v) is 6.05. The van der Waals surface area contributed by atoms with Gasteiger partial charge in [0, 0.05) is 24.9 Å². The molecule has 270 valence electrons. The molecule has 2 aliphatic heterocycles. The van der Waals surface area contributed by atoms with E-state index in [-0.39, 0.29) is 6.61 Å². The standard InChI is InChI=1S/C33H36F3N3O11/c1-31(2)49-25-24(23(41)22(28(42)45-3)37-29(43)32(46-4,33(34,35)36)20-13-9-6-10-14-20)48-27(26(25)50-31)38-16-15-21(40)39(30(38)44)18-47-17-19-11-7-5-8-12-19/h5-16,22-27,41H,17-18H2,1-4H3,(H,37,43)/t22-,23-,24+,25+,26+,27+,32?/m0/s1. The molecule has 0 bridgehead atoms. The zero-order valence-electron chi connectivity index (χ0n) is 27.4. The molecular formula is C33H36F3N3O11. The summed E-state index contributed by atoms with van der Waals surface area (Å²) in [5, 5.41) is 13.5. The smallest absolute Gasteiger partial charge is 0.430 e. The molecule has 2 saturated heterocycles. The van der Waals surface area contributed by atoms with E-state index in [1.807, 2.05) is 11.4 Å². The molecule has 17 heteroatoms. The number of amides is 1. The number of hydrogen-bond donors (Lipinski definition) is 2. The maximum absolute atomic E-state index is 14.6. The molecule has 7 atom stereocenters. The van der Waals surface area contributed by atoms with Crippen LogP contribution < -0.4 is 16.6 Å². The Morgan fingerprint density at radius 1 is 0.980 bits per heavy atom. The first-order valence-electron chi connectivity index (χ1n) is 15.3. The number of carbonyl (C=O) groups is 2. The van der Waals surface area contributed by atoms with E-state index in [0.29, 0.717) is 7.11 Å². The van der Waals surface area contributed by atoms with Gasteiger partial charge in [-0.1, -0.05) is 60.7 Å². The number of carbonyl (C=O) groups excluding carboxylic acids is 2. The van der Waals surface area contributed by atoms with E-state index < -0.39 is 89.7 Å². The summed E-state index contributed by atoms with van der Waals surface area (Å²) in [7, 11) is 1.58. The van der Waals surface area contributed by atoms with E-state index >= 15 is 0 Å². The normalized spacial score (nSPS) is 23.8. The summed E-state index contributed by atoms with van der Waals surface area (Å²) in [5.41, 5.74) is -4.97. The van der Waals surface area contributed by atoms with Gasteiger partial charge in [0.1, 0.15) is 31.1 Å². The maximum atomic E-state index is 14.6. The monoisotopic (exact) mass is 707 g/mol. The number of ether oxygens (including phenoxy) is 6. The molecule has 2 aliphatic rings. The lowest BCUT2D eigenvalue weighted by Gasteiger charge is -2.36. The highest BCUT2D eigenvalue weighted by Crippen LogP contribution is 2.45. The molecule has 2 fully saturated rings. The minimum Gasteiger partial charge on any atom is -0.467 e. The fraction of sp³-hybridized carbons (Fsp3) is 0.455. The molecule has 2 aromatic carbocycles. The molecule has 14 nitrogen and oxygen atoms in total. The molecule has 0 aliphatic carbocycles. The summed E-state index contributed by atoms with van der Waals surface area (Å²) in [6, 6.07) is 13.9. The van der Waals surface area contributed by atoms with Crippen molar-refractivity contribution >= 4 is 11.9 Å². The third-order valence-electron chi connectivity index (χ3n) is 8.39. The Balaban J connectivity index is 1.45. The number of rotatable bonds is 12. The van der Waals surface area contributed by atoms with Crippen LogP contribution >= 0.6 is 0 Å². The number of benzene rings is 2. The number of alkyl halides is 3. The van der Waals surface area contributed by atoms with Gasteiger partial charge in [-0.25, -0.2) is 14.2 Å². The van der Waals surface area contributed by atoms with E-state index in [2.05, 4.69) is 0 Å². The first-order valence-corrected chi connectivity index (χ1v) is 15.3. The lowest BCUT2D eigenvalue weighted by atomic mass is 9.90. The van der Waals surface area contributed by atoms with Crippen LogP contribution in [0.1, 0.15) is 31.2 Å². The third kappa shape index (κ3) is 6.97. The van der Waals surface area contributed by atoms with Gasteiger partial charge in [0.2, 0.25) is 0 Å². The topological polar surface area (TPSA) is 166 Å². The number of nitrogens with one attached hydrogen (secondary N) is 1. The molecule has 1 unspecified atom stereocenters. The molecule has 3 heterocycles. The van der Waals surface area contributed by atoms with Crippen LogP contribution in [0.3, 0.4) is 0 Å². The van der Waals surface area contributed by atoms with Gasteiger partial charge in [-0.2, -0.15) is 13.2 Å². The number of esters is 1. The number of aromatic nitrogens is 2. The van der Waals surface area contributed by atoms with Crippen LogP contribution in [0.2, 0.25) is 0 Å². The molecule has 1 amide bonds. The van der Waals surface area contributed by atoms with Gasteiger partial charge in [-0.15, -0.1) is 0 Å². The van der Waals surface area contributed by atoms with E-state index in [4.69, 9.17) is 28.4 Å². The summed E-state index contributed by atoms with van der Waals surface area (Å²) in [6.45, 7) is 2.72. The Kier molecular flexibility index (Phi) is 10.7. The minimum absolute atomic E-state index is 0.0925. The number of halogens is 3. The molecule has 5 rings (SSSR count). The molecule has 2 N–H and O–H groups in total. The summed E-state index contributed by atoms with van der Waals surface area (Å²) in [4.78, 5) is 52.8. The predicted octanol–water partition coefficient (Wildman–Crippen LogP) is 1.72. The zero-order valence-corrected chi connectivity index (χ0v) is 27.4. The van der Waals surface area contributed by atoms with E-state index in [1.165, 1.54) is 32.0 Å². The lowest BCUT2D eigenvalue weighted by molar-refractivity contribution is -0.266. The van der Waals surface area contributed by atoms with Gasteiger partial charge in [0.05, 0.1) is 13.7 Å². The molecular weight excluding hydrogens is 671 g/mol. The van der Waals surface area contributed by atoms with Crippen molar-refractivity contribution in [2.75, 3.05) is 14.2 Å². The second-order valence-electron chi connectivity index (χ2n) is 12.0. The average Bonchev–Trinajstić information content (AvgIpc) is 3.58. The SMILES string of the molecule is COC(=O)[C@@H](NC(=O)C(OC)(c1ccccc1)C(F)(F)F)[C@H](O)[C@H]1O[C@@H](n2ccc(=O)n(COCc3ccccc3)c2=O)[C@@H]2OC(C)(C)O[C@H]12. The van der Waals surface area contributed by atoms with Crippen LogP contribution in [-0.4, -0.2) is 82.8 Å². The highest BCUT2D eigenvalue weighted by atomic mass is 19.4. The molecule has 0 radical (unpaired) electrons. The van der Waals surface area contributed by atoms with Crippen molar-refractivity contribution in [1.29, 1.82) is 0 Å². The minimum atomic E-state index is -5.33. The van der Waals surface area contributed by atoms with E-state index in [9.17, 15) is 37.5 Å². The molecule has 1 aromatic heterocycles. The highest BCUT2D eigenvalue weighted by Gasteiger charge is 2.64. The quantitative estimate of drug-likeness (QED) is 0.264.